The number of methoxy groups -OCH3 is 1. The molecule has 0 aliphatic heterocycles. The van der Waals surface area contributed by atoms with Crippen molar-refractivity contribution in [2.75, 3.05) is 27.2 Å². The first-order chi connectivity index (χ1) is 8.53. The summed E-state index contributed by atoms with van der Waals surface area (Å²) < 4.78 is 4.88. The average Bonchev–Trinajstić information content (AvgIpc) is 3.17. The number of ether oxygens (including phenoxy) is 1. The molecule has 18 heavy (non-hydrogen) atoms. The largest absolute Gasteiger partial charge is 0.468 e. The number of nitrogens with one attached hydrogen (secondary N) is 1. The molecular weight excluding hydrogens is 228 g/mol. The quantitative estimate of drug-likeness (QED) is 0.504. The molecule has 0 radical (unpaired) electrons. The Morgan fingerprint density at radius 1 is 1.44 bits per heavy atom. The summed E-state index contributed by atoms with van der Waals surface area (Å²) >= 11 is 0. The first kappa shape index (κ1) is 15.4. The molecule has 1 aliphatic carbocycles. The van der Waals surface area contributed by atoms with Crippen LogP contribution in [0.3, 0.4) is 0 Å². The van der Waals surface area contributed by atoms with E-state index in [0.29, 0.717) is 0 Å². The number of hydrogen-bond acceptors (Lipinski definition) is 4. The van der Waals surface area contributed by atoms with Gasteiger partial charge in [-0.25, -0.2) is 0 Å². The van der Waals surface area contributed by atoms with Crippen molar-refractivity contribution in [2.45, 2.75) is 57.5 Å². The summed E-state index contributed by atoms with van der Waals surface area (Å²) in [6.07, 6.45) is 5.74. The monoisotopic (exact) mass is 256 g/mol. The Bertz CT molecular complexity index is 267. The van der Waals surface area contributed by atoms with Crippen molar-refractivity contribution in [3.05, 3.63) is 0 Å². The summed E-state index contributed by atoms with van der Waals surface area (Å²) in [5, 5.41) is 3.24. The van der Waals surface area contributed by atoms with Gasteiger partial charge in [0.25, 0.3) is 0 Å². The average molecular weight is 256 g/mol. The second-order valence-corrected chi connectivity index (χ2v) is 5.52. The van der Waals surface area contributed by atoms with Gasteiger partial charge in [-0.05, 0) is 59.2 Å². The summed E-state index contributed by atoms with van der Waals surface area (Å²) in [6.45, 7) is 5.87. The smallest absolute Gasteiger partial charge is 0.325 e. The molecule has 1 atom stereocenters. The SMILES string of the molecule is CCNC(C)(CCCCN(C)C1CC1)C(=O)OC. The first-order valence-electron chi connectivity index (χ1n) is 7.07. The fraction of sp³-hybridized carbons (Fsp3) is 0.929. The van der Waals surface area contributed by atoms with Gasteiger partial charge in [-0.2, -0.15) is 0 Å². The molecule has 0 spiro atoms. The summed E-state index contributed by atoms with van der Waals surface area (Å²) in [5.74, 6) is -0.153. The first-order valence-corrected chi connectivity index (χ1v) is 7.07. The van der Waals surface area contributed by atoms with E-state index in [1.54, 1.807) is 0 Å². The molecule has 0 aromatic heterocycles. The standard InChI is InChI=1S/C14H28N2O2/c1-5-15-14(2,13(17)18-4)10-6-7-11-16(3)12-8-9-12/h12,15H,5-11H2,1-4H3. The van der Waals surface area contributed by atoms with E-state index < -0.39 is 5.54 Å². The maximum absolute atomic E-state index is 11.8. The summed E-state index contributed by atoms with van der Waals surface area (Å²) in [5.41, 5.74) is -0.526. The molecule has 1 aliphatic rings. The van der Waals surface area contributed by atoms with Crippen LogP contribution in [-0.4, -0.2) is 49.7 Å². The molecule has 0 aromatic rings. The molecule has 0 aromatic carbocycles. The molecule has 1 unspecified atom stereocenters. The Morgan fingerprint density at radius 3 is 2.61 bits per heavy atom. The van der Waals surface area contributed by atoms with Crippen molar-refractivity contribution in [1.82, 2.24) is 10.2 Å². The van der Waals surface area contributed by atoms with Crippen LogP contribution in [0.25, 0.3) is 0 Å². The number of carbonyl (C=O) groups is 1. The minimum atomic E-state index is -0.526. The third-order valence-corrected chi connectivity index (χ3v) is 3.81. The Kier molecular flexibility index (Phi) is 6.09. The second-order valence-electron chi connectivity index (χ2n) is 5.52. The summed E-state index contributed by atoms with van der Waals surface area (Å²) in [4.78, 5) is 14.2. The van der Waals surface area contributed by atoms with Crippen molar-refractivity contribution < 1.29 is 9.53 Å². The van der Waals surface area contributed by atoms with Gasteiger partial charge >= 0.3 is 5.97 Å². The van der Waals surface area contributed by atoms with Gasteiger partial charge in [0, 0.05) is 6.04 Å². The number of hydrogen-bond donors (Lipinski definition) is 1. The number of carbonyl (C=O) groups excluding carboxylic acids is 1. The van der Waals surface area contributed by atoms with Crippen LogP contribution < -0.4 is 5.32 Å². The summed E-state index contributed by atoms with van der Waals surface area (Å²) in [7, 11) is 3.65. The molecule has 0 heterocycles. The molecular formula is C14H28N2O2. The summed E-state index contributed by atoms with van der Waals surface area (Å²) in [6, 6.07) is 0.825. The van der Waals surface area contributed by atoms with Gasteiger partial charge in [0.15, 0.2) is 0 Å². The van der Waals surface area contributed by atoms with Crippen LogP contribution >= 0.6 is 0 Å². The second kappa shape index (κ2) is 7.10. The zero-order valence-electron chi connectivity index (χ0n) is 12.3. The van der Waals surface area contributed by atoms with E-state index in [1.165, 1.54) is 20.0 Å². The molecule has 0 bridgehead atoms. The highest BCUT2D eigenvalue weighted by Crippen LogP contribution is 2.25. The van der Waals surface area contributed by atoms with Crippen LogP contribution in [0.15, 0.2) is 0 Å². The molecule has 1 rings (SSSR count). The fourth-order valence-electron chi connectivity index (χ4n) is 2.42. The number of nitrogens with zero attached hydrogens (tertiary/aromatic N) is 1. The highest BCUT2D eigenvalue weighted by atomic mass is 16.5. The van der Waals surface area contributed by atoms with E-state index in [1.807, 2.05) is 13.8 Å². The van der Waals surface area contributed by atoms with Gasteiger partial charge < -0.3 is 15.0 Å². The number of likely N-dealkylation sites (N-methyl/N-ethyl adjacent to an activating group) is 1. The van der Waals surface area contributed by atoms with Crippen molar-refractivity contribution in [3.8, 4) is 0 Å². The third-order valence-electron chi connectivity index (χ3n) is 3.81. The number of esters is 1. The molecule has 106 valence electrons. The normalized spacial score (nSPS) is 18.7. The van der Waals surface area contributed by atoms with Crippen molar-refractivity contribution >= 4 is 5.97 Å². The lowest BCUT2D eigenvalue weighted by molar-refractivity contribution is -0.148. The zero-order valence-corrected chi connectivity index (χ0v) is 12.3. The van der Waals surface area contributed by atoms with E-state index in [2.05, 4.69) is 17.3 Å². The van der Waals surface area contributed by atoms with E-state index in [4.69, 9.17) is 4.74 Å². The van der Waals surface area contributed by atoms with Gasteiger partial charge in [-0.1, -0.05) is 6.92 Å². The molecule has 4 heteroatoms. The van der Waals surface area contributed by atoms with Gasteiger partial charge in [0.2, 0.25) is 0 Å². The Balaban J connectivity index is 2.25. The lowest BCUT2D eigenvalue weighted by Gasteiger charge is -2.27. The Labute approximate surface area is 111 Å². The highest BCUT2D eigenvalue weighted by Gasteiger charge is 2.32. The van der Waals surface area contributed by atoms with E-state index >= 15 is 0 Å². The molecule has 4 nitrogen and oxygen atoms in total. The maximum atomic E-state index is 11.8. The van der Waals surface area contributed by atoms with Gasteiger partial charge in [0.05, 0.1) is 7.11 Å². The lowest BCUT2D eigenvalue weighted by Crippen LogP contribution is -2.50. The number of rotatable bonds is 9. The molecule has 1 fully saturated rings. The van der Waals surface area contributed by atoms with Crippen LogP contribution in [0.4, 0.5) is 0 Å². The van der Waals surface area contributed by atoms with Crippen molar-refractivity contribution in [1.29, 1.82) is 0 Å². The van der Waals surface area contributed by atoms with E-state index in [9.17, 15) is 4.79 Å². The van der Waals surface area contributed by atoms with Crippen molar-refractivity contribution in [3.63, 3.8) is 0 Å². The van der Waals surface area contributed by atoms with Crippen LogP contribution in [0.2, 0.25) is 0 Å². The van der Waals surface area contributed by atoms with E-state index in [-0.39, 0.29) is 5.97 Å². The topological polar surface area (TPSA) is 41.6 Å². The fourth-order valence-corrected chi connectivity index (χ4v) is 2.42. The minimum absolute atomic E-state index is 0.153. The van der Waals surface area contributed by atoms with Gasteiger partial charge in [0.1, 0.15) is 5.54 Å². The number of unbranched alkanes of at least 4 members (excludes halogenated alkanes) is 1. The molecule has 1 saturated carbocycles. The Morgan fingerprint density at radius 2 is 2.11 bits per heavy atom. The lowest BCUT2D eigenvalue weighted by atomic mass is 9.94. The molecule has 1 N–H and O–H groups in total. The maximum Gasteiger partial charge on any atom is 0.325 e. The molecule has 0 amide bonds. The van der Waals surface area contributed by atoms with Crippen LogP contribution in [0, 0.1) is 0 Å². The van der Waals surface area contributed by atoms with Gasteiger partial charge in [-0.3, -0.25) is 4.79 Å². The minimum Gasteiger partial charge on any atom is -0.468 e. The highest BCUT2D eigenvalue weighted by molar-refractivity contribution is 5.80. The van der Waals surface area contributed by atoms with E-state index in [0.717, 1.165) is 38.4 Å². The van der Waals surface area contributed by atoms with Crippen LogP contribution in [0.1, 0.15) is 46.0 Å². The van der Waals surface area contributed by atoms with Gasteiger partial charge in [-0.15, -0.1) is 0 Å². The zero-order chi connectivity index (χ0) is 13.6. The molecule has 0 saturated heterocycles. The predicted molar refractivity (Wildman–Crippen MR) is 73.6 cm³/mol. The van der Waals surface area contributed by atoms with Crippen molar-refractivity contribution in [2.24, 2.45) is 0 Å². The Hall–Kier alpha value is -0.610. The third kappa shape index (κ3) is 4.58. The van der Waals surface area contributed by atoms with Crippen LogP contribution in [0.5, 0.6) is 0 Å². The predicted octanol–water partition coefficient (Wildman–Crippen LogP) is 1.79. The van der Waals surface area contributed by atoms with Crippen LogP contribution in [-0.2, 0) is 9.53 Å².